The minimum absolute atomic E-state index is 0.0856. The molecule has 0 radical (unpaired) electrons. The number of hydrogen-bond acceptors (Lipinski definition) is 1. The van der Waals surface area contributed by atoms with Crippen LogP contribution < -0.4 is 0 Å². The fraction of sp³-hybridized carbons (Fsp3) is 0.889. The number of rotatable bonds is 5. The molecule has 0 amide bonds. The zero-order chi connectivity index (χ0) is 8.85. The summed E-state index contributed by atoms with van der Waals surface area (Å²) in [5.41, 5.74) is 0. The van der Waals surface area contributed by atoms with E-state index in [4.69, 9.17) is 0 Å². The summed E-state index contributed by atoms with van der Waals surface area (Å²) in [4.78, 5) is 11.4. The molecule has 0 aliphatic rings. The second-order valence-corrected chi connectivity index (χ2v) is 4.27. The molecule has 0 spiro atoms. The Hall–Kier alpha value is 0.150. The fourth-order valence-corrected chi connectivity index (χ4v) is 1.74. The van der Waals surface area contributed by atoms with E-state index in [0.717, 1.165) is 19.3 Å². The zero-order valence-electron chi connectivity index (χ0n) is 7.56. The molecular formula is C9H17BrO. The van der Waals surface area contributed by atoms with Crippen LogP contribution >= 0.6 is 15.9 Å². The van der Waals surface area contributed by atoms with Crippen molar-refractivity contribution in [1.29, 1.82) is 0 Å². The number of halogens is 1. The molecule has 1 nitrogen and oxygen atoms in total. The Kier molecular flexibility index (Phi) is 5.83. The van der Waals surface area contributed by atoms with Gasteiger partial charge in [0.25, 0.3) is 0 Å². The van der Waals surface area contributed by atoms with Gasteiger partial charge in [-0.15, -0.1) is 0 Å². The van der Waals surface area contributed by atoms with Crippen LogP contribution in [-0.2, 0) is 4.79 Å². The van der Waals surface area contributed by atoms with E-state index in [1.54, 1.807) is 0 Å². The van der Waals surface area contributed by atoms with E-state index in [1.807, 2.05) is 13.8 Å². The lowest BCUT2D eigenvalue weighted by Crippen LogP contribution is -2.19. The van der Waals surface area contributed by atoms with E-state index >= 15 is 0 Å². The molecule has 11 heavy (non-hydrogen) atoms. The van der Waals surface area contributed by atoms with Crippen LogP contribution in [0.4, 0.5) is 0 Å². The Balaban J connectivity index is 3.64. The molecular weight excluding hydrogens is 204 g/mol. The molecule has 0 aromatic rings. The number of carbonyl (C=O) groups is 1. The molecule has 0 heterocycles. The van der Waals surface area contributed by atoms with Gasteiger partial charge in [-0.25, -0.2) is 0 Å². The van der Waals surface area contributed by atoms with Crippen molar-refractivity contribution in [1.82, 2.24) is 0 Å². The van der Waals surface area contributed by atoms with Gasteiger partial charge in [0.2, 0.25) is 0 Å². The van der Waals surface area contributed by atoms with Crippen molar-refractivity contribution in [2.75, 3.05) is 0 Å². The summed E-state index contributed by atoms with van der Waals surface area (Å²) >= 11 is 3.40. The maximum absolute atomic E-state index is 11.3. The van der Waals surface area contributed by atoms with Gasteiger partial charge in [0.15, 0.2) is 0 Å². The molecule has 1 unspecified atom stereocenters. The largest absolute Gasteiger partial charge is 0.298 e. The maximum atomic E-state index is 11.3. The van der Waals surface area contributed by atoms with Crippen molar-refractivity contribution in [3.8, 4) is 0 Å². The molecule has 0 rings (SSSR count). The third-order valence-corrected chi connectivity index (χ3v) is 2.60. The first-order valence-corrected chi connectivity index (χ1v) is 5.19. The Bertz CT molecular complexity index is 121. The van der Waals surface area contributed by atoms with Gasteiger partial charge in [0.1, 0.15) is 5.78 Å². The monoisotopic (exact) mass is 220 g/mol. The lowest BCUT2D eigenvalue weighted by Gasteiger charge is -2.09. The van der Waals surface area contributed by atoms with Crippen molar-refractivity contribution in [2.45, 2.75) is 44.9 Å². The summed E-state index contributed by atoms with van der Waals surface area (Å²) in [5.74, 6) is 0.495. The minimum Gasteiger partial charge on any atom is -0.298 e. The number of ketones is 1. The molecule has 0 aliphatic heterocycles. The zero-order valence-corrected chi connectivity index (χ0v) is 9.15. The molecule has 0 saturated carbocycles. The lowest BCUT2D eigenvalue weighted by molar-refractivity contribution is -0.121. The van der Waals surface area contributed by atoms with Crippen molar-refractivity contribution >= 4 is 21.7 Å². The summed E-state index contributed by atoms with van der Waals surface area (Å²) in [5, 5.41) is 0. The topological polar surface area (TPSA) is 17.1 Å². The standard InChI is InChI=1S/C9H17BrO/c1-4-5-6-8(10)9(11)7(2)3/h7-8H,4-6H2,1-3H3. The van der Waals surface area contributed by atoms with Crippen molar-refractivity contribution in [3.05, 3.63) is 0 Å². The summed E-state index contributed by atoms with van der Waals surface area (Å²) in [6.07, 6.45) is 3.27. The predicted octanol–water partition coefficient (Wildman–Crippen LogP) is 3.17. The average Bonchev–Trinajstić information content (AvgIpc) is 1.98. The predicted molar refractivity (Wildman–Crippen MR) is 52.1 cm³/mol. The van der Waals surface area contributed by atoms with Crippen LogP contribution in [0.3, 0.4) is 0 Å². The Morgan fingerprint density at radius 1 is 1.45 bits per heavy atom. The summed E-state index contributed by atoms with van der Waals surface area (Å²) in [7, 11) is 0. The first-order valence-electron chi connectivity index (χ1n) is 4.27. The summed E-state index contributed by atoms with van der Waals surface area (Å²) < 4.78 is 0. The van der Waals surface area contributed by atoms with Gasteiger partial charge in [-0.2, -0.15) is 0 Å². The number of hydrogen-bond donors (Lipinski definition) is 0. The van der Waals surface area contributed by atoms with Crippen LogP contribution in [0.15, 0.2) is 0 Å². The van der Waals surface area contributed by atoms with Crippen LogP contribution in [-0.4, -0.2) is 10.6 Å². The second kappa shape index (κ2) is 5.76. The third kappa shape index (κ3) is 4.57. The first kappa shape index (κ1) is 11.2. The molecule has 2 heteroatoms. The number of alkyl halides is 1. The fourth-order valence-electron chi connectivity index (χ4n) is 0.887. The lowest BCUT2D eigenvalue weighted by atomic mass is 10.0. The molecule has 0 aromatic carbocycles. The molecule has 1 atom stereocenters. The Labute approximate surface area is 77.7 Å². The van der Waals surface area contributed by atoms with E-state index < -0.39 is 0 Å². The minimum atomic E-state index is 0.0856. The molecule has 0 N–H and O–H groups in total. The van der Waals surface area contributed by atoms with Gasteiger partial charge in [-0.3, -0.25) is 4.79 Å². The quantitative estimate of drug-likeness (QED) is 0.651. The van der Waals surface area contributed by atoms with Crippen LogP contribution in [0.1, 0.15) is 40.0 Å². The van der Waals surface area contributed by atoms with E-state index in [0.29, 0.717) is 5.78 Å². The maximum Gasteiger partial charge on any atom is 0.148 e. The third-order valence-electron chi connectivity index (χ3n) is 1.69. The normalized spacial score (nSPS) is 13.5. The highest BCUT2D eigenvalue weighted by Crippen LogP contribution is 2.14. The highest BCUT2D eigenvalue weighted by Gasteiger charge is 2.16. The van der Waals surface area contributed by atoms with Gasteiger partial charge in [-0.1, -0.05) is 49.5 Å². The second-order valence-electron chi connectivity index (χ2n) is 3.17. The Morgan fingerprint density at radius 3 is 2.36 bits per heavy atom. The number of unbranched alkanes of at least 4 members (excludes halogenated alkanes) is 1. The van der Waals surface area contributed by atoms with Gasteiger partial charge < -0.3 is 0 Å². The van der Waals surface area contributed by atoms with Crippen molar-refractivity contribution in [2.24, 2.45) is 5.92 Å². The Morgan fingerprint density at radius 2 is 2.00 bits per heavy atom. The number of carbonyl (C=O) groups excluding carboxylic acids is 1. The van der Waals surface area contributed by atoms with Gasteiger partial charge in [0, 0.05) is 5.92 Å². The summed E-state index contributed by atoms with van der Waals surface area (Å²) in [6.45, 7) is 6.03. The smallest absolute Gasteiger partial charge is 0.148 e. The van der Waals surface area contributed by atoms with Crippen LogP contribution in [0.5, 0.6) is 0 Å². The van der Waals surface area contributed by atoms with Crippen molar-refractivity contribution in [3.63, 3.8) is 0 Å². The van der Waals surface area contributed by atoms with Crippen molar-refractivity contribution < 1.29 is 4.79 Å². The van der Waals surface area contributed by atoms with E-state index in [-0.39, 0.29) is 10.7 Å². The SMILES string of the molecule is CCCCC(Br)C(=O)C(C)C. The highest BCUT2D eigenvalue weighted by molar-refractivity contribution is 9.10. The molecule has 0 bridgehead atoms. The van der Waals surface area contributed by atoms with Gasteiger partial charge in [0.05, 0.1) is 4.83 Å². The molecule has 0 aromatic heterocycles. The van der Waals surface area contributed by atoms with Crippen LogP contribution in [0, 0.1) is 5.92 Å². The van der Waals surface area contributed by atoms with Gasteiger partial charge in [-0.05, 0) is 6.42 Å². The number of Topliss-reactive ketones (excluding diaryl/α,β-unsaturated/α-hetero) is 1. The average molecular weight is 221 g/mol. The molecule has 0 saturated heterocycles. The van der Waals surface area contributed by atoms with Gasteiger partial charge >= 0.3 is 0 Å². The first-order chi connectivity index (χ1) is 5.09. The molecule has 0 fully saturated rings. The van der Waals surface area contributed by atoms with Crippen LogP contribution in [0.2, 0.25) is 0 Å². The molecule has 66 valence electrons. The summed E-state index contributed by atoms with van der Waals surface area (Å²) in [6, 6.07) is 0. The van der Waals surface area contributed by atoms with Crippen LogP contribution in [0.25, 0.3) is 0 Å². The van der Waals surface area contributed by atoms with E-state index in [1.165, 1.54) is 0 Å². The highest BCUT2D eigenvalue weighted by atomic mass is 79.9. The van der Waals surface area contributed by atoms with E-state index in [2.05, 4.69) is 22.9 Å². The van der Waals surface area contributed by atoms with E-state index in [9.17, 15) is 4.79 Å². The molecule has 0 aliphatic carbocycles.